The average molecular weight is 278 g/mol. The van der Waals surface area contributed by atoms with E-state index < -0.39 is 0 Å². The van der Waals surface area contributed by atoms with Crippen LogP contribution in [0.25, 0.3) is 0 Å². The van der Waals surface area contributed by atoms with Gasteiger partial charge in [-0.2, -0.15) is 5.10 Å². The normalized spacial score (nSPS) is 20.1. The molecule has 0 aromatic carbocycles. The molecule has 2 rings (SSSR count). The summed E-state index contributed by atoms with van der Waals surface area (Å²) in [6.45, 7) is 1.81. The van der Waals surface area contributed by atoms with E-state index in [1.807, 2.05) is 12.4 Å². The lowest BCUT2D eigenvalue weighted by Gasteiger charge is -2.28. The number of aromatic nitrogens is 2. The Bertz CT molecular complexity index is 402. The van der Waals surface area contributed by atoms with Crippen LogP contribution in [0.1, 0.15) is 37.7 Å². The minimum absolute atomic E-state index is 0.308. The highest BCUT2D eigenvalue weighted by atomic mass is 16.2. The van der Waals surface area contributed by atoms with Crippen molar-refractivity contribution in [2.45, 2.75) is 44.6 Å². The number of rotatable bonds is 5. The zero-order chi connectivity index (χ0) is 14.4. The van der Waals surface area contributed by atoms with Gasteiger partial charge in [0.15, 0.2) is 0 Å². The Balaban J connectivity index is 1.78. The molecule has 1 saturated heterocycles. The standard InChI is InChI=1S/C15H26N4O/c1-18(2)14-7-3-4-9-19(12-14)15(20)8-5-6-13-10-16-17-11-13/h10-11,14H,3-9,12H2,1-2H3,(H,16,17)/t14-/m0/s1. The van der Waals surface area contributed by atoms with Gasteiger partial charge in [0.05, 0.1) is 6.20 Å². The monoisotopic (exact) mass is 278 g/mol. The fourth-order valence-electron chi connectivity index (χ4n) is 2.78. The summed E-state index contributed by atoms with van der Waals surface area (Å²) in [5, 5.41) is 6.73. The number of carbonyl (C=O) groups excluding carboxylic acids is 1. The molecule has 0 aliphatic carbocycles. The number of nitrogens with one attached hydrogen (secondary N) is 1. The van der Waals surface area contributed by atoms with E-state index in [0.29, 0.717) is 18.4 Å². The van der Waals surface area contributed by atoms with Crippen LogP contribution in [0.5, 0.6) is 0 Å². The van der Waals surface area contributed by atoms with Crippen molar-refractivity contribution >= 4 is 5.91 Å². The van der Waals surface area contributed by atoms with Gasteiger partial charge in [0, 0.05) is 31.7 Å². The number of nitrogens with zero attached hydrogens (tertiary/aromatic N) is 3. The highest BCUT2D eigenvalue weighted by Gasteiger charge is 2.22. The van der Waals surface area contributed by atoms with Gasteiger partial charge in [-0.25, -0.2) is 0 Å². The van der Waals surface area contributed by atoms with E-state index in [0.717, 1.165) is 32.4 Å². The number of H-pyrrole nitrogens is 1. The quantitative estimate of drug-likeness (QED) is 0.891. The predicted molar refractivity (Wildman–Crippen MR) is 79.4 cm³/mol. The second kappa shape index (κ2) is 7.43. The van der Waals surface area contributed by atoms with Crippen molar-refractivity contribution in [2.24, 2.45) is 0 Å². The third-order valence-electron chi connectivity index (χ3n) is 4.14. The molecule has 1 atom stereocenters. The number of aryl methyl sites for hydroxylation is 1. The first-order chi connectivity index (χ1) is 9.66. The third kappa shape index (κ3) is 4.34. The van der Waals surface area contributed by atoms with Crippen LogP contribution in [0.2, 0.25) is 0 Å². The number of likely N-dealkylation sites (N-methyl/N-ethyl adjacent to an activating group) is 1. The van der Waals surface area contributed by atoms with E-state index in [1.165, 1.54) is 18.4 Å². The lowest BCUT2D eigenvalue weighted by atomic mass is 10.1. The van der Waals surface area contributed by atoms with Crippen molar-refractivity contribution in [2.75, 3.05) is 27.2 Å². The molecule has 1 fully saturated rings. The SMILES string of the molecule is CN(C)[C@H]1CCCCN(C(=O)CCCc2cn[nH]c2)C1. The maximum atomic E-state index is 12.3. The highest BCUT2D eigenvalue weighted by molar-refractivity contribution is 5.76. The average Bonchev–Trinajstić information content (AvgIpc) is 2.80. The van der Waals surface area contributed by atoms with Crippen LogP contribution in [-0.2, 0) is 11.2 Å². The maximum Gasteiger partial charge on any atom is 0.222 e. The first kappa shape index (κ1) is 15.0. The Morgan fingerprint density at radius 3 is 3.05 bits per heavy atom. The molecule has 1 aliphatic heterocycles. The molecule has 0 bridgehead atoms. The zero-order valence-electron chi connectivity index (χ0n) is 12.6. The topological polar surface area (TPSA) is 52.2 Å². The van der Waals surface area contributed by atoms with Crippen molar-refractivity contribution < 1.29 is 4.79 Å². The lowest BCUT2D eigenvalue weighted by Crippen LogP contribution is -2.41. The molecule has 112 valence electrons. The Morgan fingerprint density at radius 1 is 1.50 bits per heavy atom. The van der Waals surface area contributed by atoms with Crippen LogP contribution in [0, 0.1) is 0 Å². The first-order valence-corrected chi connectivity index (χ1v) is 7.58. The minimum atomic E-state index is 0.308. The van der Waals surface area contributed by atoms with Crippen LogP contribution in [-0.4, -0.2) is 59.1 Å². The maximum absolute atomic E-state index is 12.3. The Labute approximate surface area is 121 Å². The van der Waals surface area contributed by atoms with Gasteiger partial charge >= 0.3 is 0 Å². The van der Waals surface area contributed by atoms with Crippen molar-refractivity contribution in [3.63, 3.8) is 0 Å². The highest BCUT2D eigenvalue weighted by Crippen LogP contribution is 2.15. The molecule has 5 nitrogen and oxygen atoms in total. The van der Waals surface area contributed by atoms with Gasteiger partial charge in [-0.15, -0.1) is 0 Å². The summed E-state index contributed by atoms with van der Waals surface area (Å²) in [7, 11) is 4.22. The van der Waals surface area contributed by atoms with Crippen LogP contribution in [0.4, 0.5) is 0 Å². The third-order valence-corrected chi connectivity index (χ3v) is 4.14. The molecule has 1 N–H and O–H groups in total. The van der Waals surface area contributed by atoms with Gasteiger partial charge in [0.1, 0.15) is 0 Å². The number of carbonyl (C=O) groups is 1. The number of aromatic amines is 1. The predicted octanol–water partition coefficient (Wildman–Crippen LogP) is 1.68. The number of hydrogen-bond acceptors (Lipinski definition) is 3. The number of likely N-dealkylation sites (tertiary alicyclic amines) is 1. The van der Waals surface area contributed by atoms with E-state index in [-0.39, 0.29) is 0 Å². The van der Waals surface area contributed by atoms with Crippen LogP contribution in [0.15, 0.2) is 12.4 Å². The van der Waals surface area contributed by atoms with E-state index in [1.54, 1.807) is 0 Å². The molecular formula is C15H26N4O. The fourth-order valence-corrected chi connectivity index (χ4v) is 2.78. The van der Waals surface area contributed by atoms with Gasteiger partial charge in [-0.05, 0) is 45.3 Å². The molecule has 1 amide bonds. The van der Waals surface area contributed by atoms with Gasteiger partial charge in [-0.1, -0.05) is 6.42 Å². The summed E-state index contributed by atoms with van der Waals surface area (Å²) in [5.41, 5.74) is 1.18. The molecular weight excluding hydrogens is 252 g/mol. The Kier molecular flexibility index (Phi) is 5.59. The lowest BCUT2D eigenvalue weighted by molar-refractivity contribution is -0.131. The molecule has 5 heteroatoms. The van der Waals surface area contributed by atoms with Gasteiger partial charge < -0.3 is 9.80 Å². The van der Waals surface area contributed by atoms with Crippen LogP contribution >= 0.6 is 0 Å². The van der Waals surface area contributed by atoms with E-state index in [9.17, 15) is 4.79 Å². The summed E-state index contributed by atoms with van der Waals surface area (Å²) in [4.78, 5) is 16.6. The van der Waals surface area contributed by atoms with Crippen LogP contribution in [0.3, 0.4) is 0 Å². The summed E-state index contributed by atoms with van der Waals surface area (Å²) >= 11 is 0. The summed E-state index contributed by atoms with van der Waals surface area (Å²) in [6, 6.07) is 0.510. The zero-order valence-corrected chi connectivity index (χ0v) is 12.6. The number of hydrogen-bond donors (Lipinski definition) is 1. The van der Waals surface area contributed by atoms with Gasteiger partial charge in [0.2, 0.25) is 5.91 Å². The molecule has 2 heterocycles. The summed E-state index contributed by atoms with van der Waals surface area (Å²) in [5.74, 6) is 0.308. The van der Waals surface area contributed by atoms with E-state index >= 15 is 0 Å². The first-order valence-electron chi connectivity index (χ1n) is 7.58. The Hall–Kier alpha value is -1.36. The molecule has 0 spiro atoms. The molecule has 0 unspecified atom stereocenters. The molecule has 1 aromatic rings. The van der Waals surface area contributed by atoms with E-state index in [4.69, 9.17) is 0 Å². The molecule has 1 aromatic heterocycles. The second-order valence-corrected chi connectivity index (χ2v) is 5.91. The fraction of sp³-hybridized carbons (Fsp3) is 0.733. The van der Waals surface area contributed by atoms with Crippen molar-refractivity contribution in [1.29, 1.82) is 0 Å². The number of amides is 1. The molecule has 0 saturated carbocycles. The Morgan fingerprint density at radius 2 is 2.35 bits per heavy atom. The summed E-state index contributed by atoms with van der Waals surface area (Å²) in [6.07, 6.45) is 9.77. The largest absolute Gasteiger partial charge is 0.341 e. The van der Waals surface area contributed by atoms with Crippen LogP contribution < -0.4 is 0 Å². The van der Waals surface area contributed by atoms with Gasteiger partial charge in [0.25, 0.3) is 0 Å². The minimum Gasteiger partial charge on any atom is -0.341 e. The van der Waals surface area contributed by atoms with Crippen molar-refractivity contribution in [1.82, 2.24) is 20.0 Å². The molecule has 20 heavy (non-hydrogen) atoms. The summed E-state index contributed by atoms with van der Waals surface area (Å²) < 4.78 is 0. The van der Waals surface area contributed by atoms with Crippen molar-refractivity contribution in [3.05, 3.63) is 18.0 Å². The molecule has 0 radical (unpaired) electrons. The second-order valence-electron chi connectivity index (χ2n) is 5.91. The smallest absolute Gasteiger partial charge is 0.222 e. The van der Waals surface area contributed by atoms with Crippen molar-refractivity contribution in [3.8, 4) is 0 Å². The van der Waals surface area contributed by atoms with E-state index in [2.05, 4.69) is 34.1 Å². The van der Waals surface area contributed by atoms with Gasteiger partial charge in [-0.3, -0.25) is 9.89 Å². The molecule has 1 aliphatic rings.